The Labute approximate surface area is 135 Å². The number of hydrogen-bond acceptors (Lipinski definition) is 5. The first-order chi connectivity index (χ1) is 11.1. The number of amides is 1. The lowest BCUT2D eigenvalue weighted by Gasteiger charge is -2.24. The van der Waals surface area contributed by atoms with Crippen molar-refractivity contribution in [1.29, 1.82) is 0 Å². The quantitative estimate of drug-likeness (QED) is 0.637. The summed E-state index contributed by atoms with van der Waals surface area (Å²) < 4.78 is 13.8. The number of carbonyl (C=O) groups is 1. The molecule has 0 bridgehead atoms. The van der Waals surface area contributed by atoms with Crippen molar-refractivity contribution in [3.8, 4) is 0 Å². The van der Waals surface area contributed by atoms with Gasteiger partial charge in [0.25, 0.3) is 11.6 Å². The minimum Gasteiger partial charge on any atom is -0.322 e. The summed E-state index contributed by atoms with van der Waals surface area (Å²) >= 11 is 1.54. The van der Waals surface area contributed by atoms with E-state index in [1.54, 1.807) is 28.8 Å². The molecule has 1 aromatic heterocycles. The van der Waals surface area contributed by atoms with E-state index >= 15 is 0 Å². The van der Waals surface area contributed by atoms with Gasteiger partial charge in [-0.3, -0.25) is 19.9 Å². The van der Waals surface area contributed by atoms with Gasteiger partial charge in [0.05, 0.1) is 16.7 Å². The number of halogens is 1. The second kappa shape index (κ2) is 6.33. The lowest BCUT2D eigenvalue weighted by molar-refractivity contribution is -0.384. The van der Waals surface area contributed by atoms with Gasteiger partial charge in [-0.05, 0) is 23.8 Å². The number of aromatic nitrogens is 1. The maximum absolute atomic E-state index is 13.8. The normalized spacial score (nSPS) is 17.3. The van der Waals surface area contributed by atoms with Gasteiger partial charge in [0.15, 0.2) is 5.82 Å². The van der Waals surface area contributed by atoms with Crippen LogP contribution in [-0.4, -0.2) is 33.0 Å². The fourth-order valence-corrected chi connectivity index (χ4v) is 3.67. The molecule has 118 valence electrons. The van der Waals surface area contributed by atoms with E-state index in [0.29, 0.717) is 6.54 Å². The SMILES string of the molecule is O=C(c1ccncc1F)N1CCSC1c1ccc([N+](=O)[O-])cc1. The molecule has 23 heavy (non-hydrogen) atoms. The number of benzene rings is 1. The molecule has 1 unspecified atom stereocenters. The Bertz CT molecular complexity index is 754. The second-order valence-corrected chi connectivity index (χ2v) is 6.11. The van der Waals surface area contributed by atoms with Gasteiger partial charge in [0, 0.05) is 30.6 Å². The molecule has 2 aromatic rings. The molecule has 1 saturated heterocycles. The zero-order valence-electron chi connectivity index (χ0n) is 11.9. The molecule has 1 aliphatic heterocycles. The molecule has 1 aromatic carbocycles. The molecule has 0 saturated carbocycles. The Morgan fingerprint density at radius 3 is 2.74 bits per heavy atom. The summed E-state index contributed by atoms with van der Waals surface area (Å²) in [4.78, 5) is 28.0. The number of nitro benzene ring substituents is 1. The highest BCUT2D eigenvalue weighted by Gasteiger charge is 2.32. The summed E-state index contributed by atoms with van der Waals surface area (Å²) in [7, 11) is 0. The molecule has 0 N–H and O–H groups in total. The van der Waals surface area contributed by atoms with Gasteiger partial charge < -0.3 is 4.90 Å². The molecule has 3 rings (SSSR count). The zero-order valence-corrected chi connectivity index (χ0v) is 12.7. The predicted octanol–water partition coefficient (Wildman–Crippen LogP) is 3.02. The predicted molar refractivity (Wildman–Crippen MR) is 83.5 cm³/mol. The molecular formula is C15H12FN3O3S. The fraction of sp³-hybridized carbons (Fsp3) is 0.200. The van der Waals surface area contributed by atoms with Crippen LogP contribution in [0.25, 0.3) is 0 Å². The minimum absolute atomic E-state index is 0.00481. The summed E-state index contributed by atoms with van der Waals surface area (Å²) in [6, 6.07) is 7.43. The summed E-state index contributed by atoms with van der Waals surface area (Å²) in [5.41, 5.74) is 0.755. The topological polar surface area (TPSA) is 76.3 Å². The fourth-order valence-electron chi connectivity index (χ4n) is 2.42. The molecule has 0 radical (unpaired) electrons. The summed E-state index contributed by atoms with van der Waals surface area (Å²) in [6.07, 6.45) is 2.39. The number of nitrogens with zero attached hydrogens (tertiary/aromatic N) is 3. The summed E-state index contributed by atoms with van der Waals surface area (Å²) in [5.74, 6) is -0.338. The van der Waals surface area contributed by atoms with Gasteiger partial charge in [-0.25, -0.2) is 4.39 Å². The van der Waals surface area contributed by atoms with Crippen molar-refractivity contribution in [3.63, 3.8) is 0 Å². The van der Waals surface area contributed by atoms with Crippen LogP contribution in [0, 0.1) is 15.9 Å². The first-order valence-electron chi connectivity index (χ1n) is 6.84. The number of nitro groups is 1. The van der Waals surface area contributed by atoms with Crippen LogP contribution in [-0.2, 0) is 0 Å². The third-order valence-electron chi connectivity index (χ3n) is 3.54. The standard InChI is InChI=1S/C15H12FN3O3S/c16-13-9-17-6-5-12(13)14(20)18-7-8-23-15(18)10-1-3-11(4-2-10)19(21)22/h1-6,9,15H,7-8H2. The Morgan fingerprint density at radius 1 is 1.35 bits per heavy atom. The molecule has 0 spiro atoms. The van der Waals surface area contributed by atoms with Crippen LogP contribution in [0.3, 0.4) is 0 Å². The maximum atomic E-state index is 13.8. The van der Waals surface area contributed by atoms with Gasteiger partial charge in [-0.2, -0.15) is 0 Å². The summed E-state index contributed by atoms with van der Waals surface area (Å²) in [6.45, 7) is 0.493. The monoisotopic (exact) mass is 333 g/mol. The molecular weight excluding hydrogens is 321 g/mol. The third kappa shape index (κ3) is 3.02. The van der Waals surface area contributed by atoms with Crippen molar-refractivity contribution in [1.82, 2.24) is 9.88 Å². The molecule has 1 fully saturated rings. The number of carbonyl (C=O) groups excluding carboxylic acids is 1. The van der Waals surface area contributed by atoms with E-state index in [9.17, 15) is 19.3 Å². The van der Waals surface area contributed by atoms with Crippen LogP contribution in [0.15, 0.2) is 42.7 Å². The molecule has 2 heterocycles. The molecule has 1 atom stereocenters. The molecule has 0 aliphatic carbocycles. The van der Waals surface area contributed by atoms with Crippen LogP contribution < -0.4 is 0 Å². The van der Waals surface area contributed by atoms with Crippen molar-refractivity contribution in [2.75, 3.05) is 12.3 Å². The minimum atomic E-state index is -0.656. The van der Waals surface area contributed by atoms with Crippen molar-refractivity contribution >= 4 is 23.4 Å². The molecule has 8 heteroatoms. The molecule has 1 amide bonds. The first kappa shape index (κ1) is 15.4. The highest BCUT2D eigenvalue weighted by Crippen LogP contribution is 2.39. The Kier molecular flexibility index (Phi) is 4.24. The highest BCUT2D eigenvalue weighted by molar-refractivity contribution is 7.99. The van der Waals surface area contributed by atoms with Gasteiger partial charge in [-0.1, -0.05) is 0 Å². The lowest BCUT2D eigenvalue weighted by Crippen LogP contribution is -2.31. The Hall–Kier alpha value is -2.48. The van der Waals surface area contributed by atoms with E-state index in [1.807, 2.05) is 0 Å². The van der Waals surface area contributed by atoms with E-state index in [2.05, 4.69) is 4.98 Å². The average molecular weight is 333 g/mol. The number of rotatable bonds is 3. The van der Waals surface area contributed by atoms with Crippen molar-refractivity contribution in [2.24, 2.45) is 0 Å². The van der Waals surface area contributed by atoms with E-state index < -0.39 is 16.6 Å². The number of hydrogen-bond donors (Lipinski definition) is 0. The van der Waals surface area contributed by atoms with Crippen LogP contribution in [0.1, 0.15) is 21.3 Å². The van der Waals surface area contributed by atoms with Gasteiger partial charge >= 0.3 is 0 Å². The first-order valence-corrected chi connectivity index (χ1v) is 7.89. The van der Waals surface area contributed by atoms with Crippen molar-refractivity contribution in [2.45, 2.75) is 5.37 Å². The smallest absolute Gasteiger partial charge is 0.269 e. The van der Waals surface area contributed by atoms with Crippen LogP contribution in [0.5, 0.6) is 0 Å². The number of pyridine rings is 1. The van der Waals surface area contributed by atoms with Crippen molar-refractivity contribution in [3.05, 3.63) is 69.8 Å². The summed E-state index contributed by atoms with van der Waals surface area (Å²) in [5, 5.41) is 10.4. The van der Waals surface area contributed by atoms with Crippen LogP contribution in [0.2, 0.25) is 0 Å². The van der Waals surface area contributed by atoms with Gasteiger partial charge in [0.1, 0.15) is 5.37 Å². The number of non-ortho nitro benzene ring substituents is 1. The van der Waals surface area contributed by atoms with Crippen LogP contribution >= 0.6 is 11.8 Å². The Balaban J connectivity index is 1.87. The van der Waals surface area contributed by atoms with E-state index in [4.69, 9.17) is 0 Å². The van der Waals surface area contributed by atoms with Crippen molar-refractivity contribution < 1.29 is 14.1 Å². The second-order valence-electron chi connectivity index (χ2n) is 4.93. The van der Waals surface area contributed by atoms with E-state index in [-0.39, 0.29) is 16.6 Å². The number of thioether (sulfide) groups is 1. The zero-order chi connectivity index (χ0) is 16.4. The third-order valence-corrected chi connectivity index (χ3v) is 4.80. The van der Waals surface area contributed by atoms with Gasteiger partial charge in [0.2, 0.25) is 0 Å². The van der Waals surface area contributed by atoms with Crippen LogP contribution in [0.4, 0.5) is 10.1 Å². The average Bonchev–Trinajstić information content (AvgIpc) is 3.04. The van der Waals surface area contributed by atoms with E-state index in [1.165, 1.54) is 24.4 Å². The Morgan fingerprint density at radius 2 is 2.09 bits per heavy atom. The highest BCUT2D eigenvalue weighted by atomic mass is 32.2. The molecule has 6 nitrogen and oxygen atoms in total. The lowest BCUT2D eigenvalue weighted by atomic mass is 10.1. The molecule has 1 aliphatic rings. The van der Waals surface area contributed by atoms with Gasteiger partial charge in [-0.15, -0.1) is 11.8 Å². The van der Waals surface area contributed by atoms with E-state index in [0.717, 1.165) is 17.5 Å². The largest absolute Gasteiger partial charge is 0.322 e. The maximum Gasteiger partial charge on any atom is 0.269 e.